The molecule has 0 saturated heterocycles. The number of nitrogens with one attached hydrogen (secondary N) is 1. The third-order valence-corrected chi connectivity index (χ3v) is 4.38. The summed E-state index contributed by atoms with van der Waals surface area (Å²) in [5.41, 5.74) is 0.889. The van der Waals surface area contributed by atoms with Crippen LogP contribution in [0.1, 0.15) is 44.6 Å². The van der Waals surface area contributed by atoms with Gasteiger partial charge in [0, 0.05) is 18.2 Å². The van der Waals surface area contributed by atoms with Crippen LogP contribution in [0.3, 0.4) is 0 Å². The minimum Gasteiger partial charge on any atom is -0.506 e. The first kappa shape index (κ1) is 13.7. The average molecular weight is 268 g/mol. The quantitative estimate of drug-likeness (QED) is 0.861. The smallest absolute Gasteiger partial charge is 0.138 e. The van der Waals surface area contributed by atoms with Crippen LogP contribution in [-0.4, -0.2) is 11.1 Å². The summed E-state index contributed by atoms with van der Waals surface area (Å²) in [5, 5.41) is 13.8. The molecular formula is C15H22ClNO. The van der Waals surface area contributed by atoms with Gasteiger partial charge in [0.25, 0.3) is 0 Å². The summed E-state index contributed by atoms with van der Waals surface area (Å²) >= 11 is 5.90. The molecular weight excluding hydrogens is 246 g/mol. The van der Waals surface area contributed by atoms with E-state index in [2.05, 4.69) is 12.2 Å². The maximum atomic E-state index is 9.84. The Labute approximate surface area is 114 Å². The lowest BCUT2D eigenvalue weighted by molar-refractivity contribution is 0.284. The lowest BCUT2D eigenvalue weighted by Crippen LogP contribution is -2.32. The fourth-order valence-corrected chi connectivity index (χ4v) is 2.93. The summed E-state index contributed by atoms with van der Waals surface area (Å²) in [7, 11) is 0. The van der Waals surface area contributed by atoms with Crippen molar-refractivity contribution < 1.29 is 5.11 Å². The second-order valence-corrected chi connectivity index (χ2v) is 5.66. The van der Waals surface area contributed by atoms with Gasteiger partial charge in [-0.2, -0.15) is 0 Å². The van der Waals surface area contributed by atoms with E-state index in [4.69, 9.17) is 11.6 Å². The molecule has 1 aromatic rings. The number of benzene rings is 1. The van der Waals surface area contributed by atoms with E-state index >= 15 is 0 Å². The van der Waals surface area contributed by atoms with Crippen LogP contribution in [0, 0.1) is 5.92 Å². The first-order valence-corrected chi connectivity index (χ1v) is 7.28. The number of hydrogen-bond donors (Lipinski definition) is 2. The predicted octanol–water partition coefficient (Wildman–Crippen LogP) is 4.10. The Morgan fingerprint density at radius 1 is 1.28 bits per heavy atom. The summed E-state index contributed by atoms with van der Waals surface area (Å²) in [6, 6.07) is 6.11. The number of para-hydroxylation sites is 1. The standard InChI is InChI=1S/C15H22ClNO/c1-2-11-6-8-13(9-7-11)17-10-12-4-3-5-14(16)15(12)18/h3-5,11,13,17-18H,2,6-10H2,1H3. The molecule has 1 aromatic carbocycles. The van der Waals surface area contributed by atoms with Crippen molar-refractivity contribution in [3.63, 3.8) is 0 Å². The van der Waals surface area contributed by atoms with Crippen LogP contribution in [0.25, 0.3) is 0 Å². The summed E-state index contributed by atoms with van der Waals surface area (Å²) < 4.78 is 0. The van der Waals surface area contributed by atoms with Crippen molar-refractivity contribution in [2.45, 2.75) is 51.6 Å². The van der Waals surface area contributed by atoms with Crippen LogP contribution in [0.2, 0.25) is 5.02 Å². The maximum absolute atomic E-state index is 9.84. The molecule has 0 amide bonds. The van der Waals surface area contributed by atoms with Crippen LogP contribution in [-0.2, 0) is 6.54 Å². The molecule has 18 heavy (non-hydrogen) atoms. The molecule has 0 aromatic heterocycles. The molecule has 0 bridgehead atoms. The van der Waals surface area contributed by atoms with E-state index in [9.17, 15) is 5.11 Å². The Balaban J connectivity index is 1.83. The zero-order valence-electron chi connectivity index (χ0n) is 11.0. The summed E-state index contributed by atoms with van der Waals surface area (Å²) in [6.45, 7) is 2.98. The van der Waals surface area contributed by atoms with Gasteiger partial charge in [-0.1, -0.05) is 37.1 Å². The van der Waals surface area contributed by atoms with E-state index < -0.39 is 0 Å². The first-order valence-electron chi connectivity index (χ1n) is 6.90. The van der Waals surface area contributed by atoms with E-state index in [0.717, 1.165) is 11.5 Å². The van der Waals surface area contributed by atoms with Gasteiger partial charge in [0.15, 0.2) is 0 Å². The maximum Gasteiger partial charge on any atom is 0.138 e. The molecule has 1 aliphatic carbocycles. The van der Waals surface area contributed by atoms with Crippen LogP contribution in [0.4, 0.5) is 0 Å². The Morgan fingerprint density at radius 2 is 2.00 bits per heavy atom. The monoisotopic (exact) mass is 267 g/mol. The van der Waals surface area contributed by atoms with E-state index in [1.807, 2.05) is 12.1 Å². The van der Waals surface area contributed by atoms with Gasteiger partial charge in [-0.25, -0.2) is 0 Å². The number of rotatable bonds is 4. The third kappa shape index (κ3) is 3.39. The van der Waals surface area contributed by atoms with Crippen LogP contribution in [0.15, 0.2) is 18.2 Å². The molecule has 1 saturated carbocycles. The van der Waals surface area contributed by atoms with Gasteiger partial charge >= 0.3 is 0 Å². The zero-order valence-corrected chi connectivity index (χ0v) is 11.7. The fraction of sp³-hybridized carbons (Fsp3) is 0.600. The molecule has 0 atom stereocenters. The van der Waals surface area contributed by atoms with Crippen molar-refractivity contribution in [3.8, 4) is 5.75 Å². The molecule has 100 valence electrons. The number of halogens is 1. The van der Waals surface area contributed by atoms with Crippen molar-refractivity contribution in [1.29, 1.82) is 0 Å². The molecule has 0 spiro atoms. The number of phenols is 1. The molecule has 2 rings (SSSR count). The largest absolute Gasteiger partial charge is 0.506 e. The van der Waals surface area contributed by atoms with E-state index in [0.29, 0.717) is 17.6 Å². The molecule has 0 radical (unpaired) electrons. The minimum atomic E-state index is 0.217. The first-order chi connectivity index (χ1) is 8.70. The molecule has 0 unspecified atom stereocenters. The summed E-state index contributed by atoms with van der Waals surface area (Å²) in [6.07, 6.45) is 6.47. The van der Waals surface area contributed by atoms with Crippen LogP contribution >= 0.6 is 11.6 Å². The van der Waals surface area contributed by atoms with E-state index in [1.165, 1.54) is 32.1 Å². The number of phenolic OH excluding ortho intramolecular Hbond substituents is 1. The van der Waals surface area contributed by atoms with Gasteiger partial charge in [0.05, 0.1) is 5.02 Å². The summed E-state index contributed by atoms with van der Waals surface area (Å²) in [5.74, 6) is 1.14. The van der Waals surface area contributed by atoms with Gasteiger partial charge in [-0.05, 0) is 37.7 Å². The van der Waals surface area contributed by atoms with Gasteiger partial charge in [0.1, 0.15) is 5.75 Å². The van der Waals surface area contributed by atoms with Gasteiger partial charge < -0.3 is 10.4 Å². The second-order valence-electron chi connectivity index (χ2n) is 5.25. The van der Waals surface area contributed by atoms with Crippen molar-refractivity contribution in [2.75, 3.05) is 0 Å². The fourth-order valence-electron chi connectivity index (χ4n) is 2.73. The highest BCUT2D eigenvalue weighted by Crippen LogP contribution is 2.29. The van der Waals surface area contributed by atoms with E-state index in [1.54, 1.807) is 6.07 Å². The molecule has 1 fully saturated rings. The lowest BCUT2D eigenvalue weighted by Gasteiger charge is -2.28. The van der Waals surface area contributed by atoms with Crippen molar-refractivity contribution >= 4 is 11.6 Å². The third-order valence-electron chi connectivity index (χ3n) is 4.08. The summed E-state index contributed by atoms with van der Waals surface area (Å²) in [4.78, 5) is 0. The highest BCUT2D eigenvalue weighted by molar-refractivity contribution is 6.32. The van der Waals surface area contributed by atoms with Crippen LogP contribution < -0.4 is 5.32 Å². The Morgan fingerprint density at radius 3 is 2.67 bits per heavy atom. The second kappa shape index (κ2) is 6.44. The normalized spacial score (nSPS) is 24.1. The SMILES string of the molecule is CCC1CCC(NCc2cccc(Cl)c2O)CC1. The highest BCUT2D eigenvalue weighted by atomic mass is 35.5. The molecule has 1 aliphatic rings. The van der Waals surface area contributed by atoms with E-state index in [-0.39, 0.29) is 5.75 Å². The molecule has 2 nitrogen and oxygen atoms in total. The lowest BCUT2D eigenvalue weighted by atomic mass is 9.84. The van der Waals surface area contributed by atoms with Crippen LogP contribution in [0.5, 0.6) is 5.75 Å². The average Bonchev–Trinajstić information content (AvgIpc) is 2.41. The van der Waals surface area contributed by atoms with Crippen molar-refractivity contribution in [2.24, 2.45) is 5.92 Å². The van der Waals surface area contributed by atoms with Gasteiger partial charge in [0.2, 0.25) is 0 Å². The Hall–Kier alpha value is -0.730. The molecule has 0 heterocycles. The molecule has 2 N–H and O–H groups in total. The van der Waals surface area contributed by atoms with Crippen molar-refractivity contribution in [3.05, 3.63) is 28.8 Å². The topological polar surface area (TPSA) is 32.3 Å². The number of hydrogen-bond acceptors (Lipinski definition) is 2. The predicted molar refractivity (Wildman–Crippen MR) is 76.0 cm³/mol. The highest BCUT2D eigenvalue weighted by Gasteiger charge is 2.19. The minimum absolute atomic E-state index is 0.217. The molecule has 3 heteroatoms. The Bertz CT molecular complexity index is 386. The van der Waals surface area contributed by atoms with Gasteiger partial charge in [-0.15, -0.1) is 0 Å². The number of aromatic hydroxyl groups is 1. The van der Waals surface area contributed by atoms with Gasteiger partial charge in [-0.3, -0.25) is 0 Å². The Kier molecular flexibility index (Phi) is 4.90. The van der Waals surface area contributed by atoms with Crippen molar-refractivity contribution in [1.82, 2.24) is 5.32 Å². The molecule has 0 aliphatic heterocycles. The zero-order chi connectivity index (χ0) is 13.0.